The second kappa shape index (κ2) is 3.22. The summed E-state index contributed by atoms with van der Waals surface area (Å²) in [5, 5.41) is 1.15. The van der Waals surface area contributed by atoms with Crippen LogP contribution in [0.2, 0.25) is 10.0 Å². The average Bonchev–Trinajstić information content (AvgIpc) is 1.95. The highest BCUT2D eigenvalue weighted by Gasteiger charge is 2.01. The van der Waals surface area contributed by atoms with Crippen molar-refractivity contribution in [1.29, 1.82) is 0 Å². The predicted molar refractivity (Wildman–Crippen MR) is 43.6 cm³/mol. The molecule has 0 saturated carbocycles. The van der Waals surface area contributed by atoms with Gasteiger partial charge in [0, 0.05) is 6.20 Å². The number of pyridine rings is 1. The standard InChI is InChI=1S/C7H7Cl2N/c1-2-6-7(9)5(8)3-4-10-6/h3-4H,2H2,1H3. The van der Waals surface area contributed by atoms with Crippen LogP contribution in [0.3, 0.4) is 0 Å². The first-order chi connectivity index (χ1) is 4.75. The molecule has 1 heterocycles. The van der Waals surface area contributed by atoms with Gasteiger partial charge in [-0.2, -0.15) is 0 Å². The van der Waals surface area contributed by atoms with Crippen LogP contribution in [0, 0.1) is 0 Å². The van der Waals surface area contributed by atoms with Gasteiger partial charge in [0.15, 0.2) is 0 Å². The lowest BCUT2D eigenvalue weighted by Gasteiger charge is -1.99. The molecule has 0 fully saturated rings. The summed E-state index contributed by atoms with van der Waals surface area (Å²) >= 11 is 11.5. The average molecular weight is 176 g/mol. The third kappa shape index (κ3) is 1.41. The Hall–Kier alpha value is -0.270. The molecule has 0 amide bonds. The highest BCUT2D eigenvalue weighted by molar-refractivity contribution is 6.42. The minimum atomic E-state index is 0.576. The van der Waals surface area contributed by atoms with Crippen molar-refractivity contribution in [2.24, 2.45) is 0 Å². The van der Waals surface area contributed by atoms with E-state index in [9.17, 15) is 0 Å². The summed E-state index contributed by atoms with van der Waals surface area (Å²) in [6.07, 6.45) is 2.48. The third-order valence-electron chi connectivity index (χ3n) is 1.25. The molecule has 0 aliphatic heterocycles. The van der Waals surface area contributed by atoms with E-state index in [4.69, 9.17) is 23.2 Å². The zero-order valence-corrected chi connectivity index (χ0v) is 7.08. The predicted octanol–water partition coefficient (Wildman–Crippen LogP) is 2.95. The van der Waals surface area contributed by atoms with Crippen LogP contribution in [0.4, 0.5) is 0 Å². The monoisotopic (exact) mass is 175 g/mol. The molecule has 1 rings (SSSR count). The van der Waals surface area contributed by atoms with E-state index in [1.807, 2.05) is 6.92 Å². The number of aromatic nitrogens is 1. The lowest BCUT2D eigenvalue weighted by atomic mass is 10.3. The Kier molecular flexibility index (Phi) is 2.52. The van der Waals surface area contributed by atoms with Gasteiger partial charge < -0.3 is 0 Å². The maximum atomic E-state index is 5.80. The summed E-state index contributed by atoms with van der Waals surface area (Å²) in [5.74, 6) is 0. The van der Waals surface area contributed by atoms with Crippen LogP contribution in [-0.2, 0) is 6.42 Å². The zero-order chi connectivity index (χ0) is 7.56. The minimum absolute atomic E-state index is 0.576. The first-order valence-corrected chi connectivity index (χ1v) is 3.80. The van der Waals surface area contributed by atoms with E-state index in [2.05, 4.69) is 4.98 Å². The van der Waals surface area contributed by atoms with Crippen molar-refractivity contribution >= 4 is 23.2 Å². The third-order valence-corrected chi connectivity index (χ3v) is 2.08. The molecule has 0 aliphatic rings. The number of rotatable bonds is 1. The number of aryl methyl sites for hydroxylation is 1. The van der Waals surface area contributed by atoms with Gasteiger partial charge >= 0.3 is 0 Å². The number of hydrogen-bond donors (Lipinski definition) is 0. The molecular weight excluding hydrogens is 169 g/mol. The van der Waals surface area contributed by atoms with Crippen LogP contribution in [0.25, 0.3) is 0 Å². The Balaban J connectivity index is 3.14. The molecule has 10 heavy (non-hydrogen) atoms. The van der Waals surface area contributed by atoms with Crippen LogP contribution in [0.15, 0.2) is 12.3 Å². The van der Waals surface area contributed by atoms with Gasteiger partial charge in [-0.25, -0.2) is 0 Å². The fourth-order valence-corrected chi connectivity index (χ4v) is 1.12. The molecule has 54 valence electrons. The summed E-state index contributed by atoms with van der Waals surface area (Å²) in [6, 6.07) is 1.68. The number of hydrogen-bond acceptors (Lipinski definition) is 1. The molecule has 0 aliphatic carbocycles. The maximum Gasteiger partial charge on any atom is 0.0807 e. The van der Waals surface area contributed by atoms with Crippen molar-refractivity contribution in [3.63, 3.8) is 0 Å². The van der Waals surface area contributed by atoms with Crippen LogP contribution in [0.1, 0.15) is 12.6 Å². The molecule has 3 heteroatoms. The highest BCUT2D eigenvalue weighted by Crippen LogP contribution is 2.23. The molecule has 1 nitrogen and oxygen atoms in total. The fourth-order valence-electron chi connectivity index (χ4n) is 0.707. The molecule has 0 unspecified atom stereocenters. The lowest BCUT2D eigenvalue weighted by molar-refractivity contribution is 1.04. The quantitative estimate of drug-likeness (QED) is 0.640. The molecular formula is C7H7Cl2N. The molecule has 0 aromatic carbocycles. The number of nitrogens with zero attached hydrogens (tertiary/aromatic N) is 1. The van der Waals surface area contributed by atoms with Crippen LogP contribution in [-0.4, -0.2) is 4.98 Å². The van der Waals surface area contributed by atoms with E-state index in [0.29, 0.717) is 10.0 Å². The van der Waals surface area contributed by atoms with Crippen molar-refractivity contribution in [3.8, 4) is 0 Å². The van der Waals surface area contributed by atoms with Gasteiger partial charge in [0.25, 0.3) is 0 Å². The van der Waals surface area contributed by atoms with Crippen LogP contribution < -0.4 is 0 Å². The Labute approximate surface area is 70.0 Å². The first-order valence-electron chi connectivity index (χ1n) is 3.04. The van der Waals surface area contributed by atoms with E-state index >= 15 is 0 Å². The second-order valence-corrected chi connectivity index (χ2v) is 2.69. The lowest BCUT2D eigenvalue weighted by Crippen LogP contribution is -1.86. The number of halogens is 2. The van der Waals surface area contributed by atoms with Crippen molar-refractivity contribution in [2.45, 2.75) is 13.3 Å². The van der Waals surface area contributed by atoms with Gasteiger partial charge in [-0.05, 0) is 12.5 Å². The SMILES string of the molecule is CCc1nccc(Cl)c1Cl. The van der Waals surface area contributed by atoms with E-state index in [1.54, 1.807) is 12.3 Å². The molecule has 1 aromatic rings. The van der Waals surface area contributed by atoms with Crippen LogP contribution >= 0.6 is 23.2 Å². The van der Waals surface area contributed by atoms with E-state index in [1.165, 1.54) is 0 Å². The highest BCUT2D eigenvalue weighted by atomic mass is 35.5. The molecule has 0 bridgehead atoms. The van der Waals surface area contributed by atoms with Gasteiger partial charge in [0.05, 0.1) is 15.7 Å². The summed E-state index contributed by atoms with van der Waals surface area (Å²) in [5.41, 5.74) is 0.856. The molecule has 0 atom stereocenters. The summed E-state index contributed by atoms with van der Waals surface area (Å²) < 4.78 is 0. The zero-order valence-electron chi connectivity index (χ0n) is 5.56. The Morgan fingerprint density at radius 1 is 1.50 bits per heavy atom. The smallest absolute Gasteiger partial charge is 0.0807 e. The topological polar surface area (TPSA) is 12.9 Å². The summed E-state index contributed by atoms with van der Waals surface area (Å²) in [7, 11) is 0. The Morgan fingerprint density at radius 2 is 2.20 bits per heavy atom. The molecule has 0 saturated heterocycles. The van der Waals surface area contributed by atoms with Crippen molar-refractivity contribution in [3.05, 3.63) is 28.0 Å². The van der Waals surface area contributed by atoms with Gasteiger partial charge in [-0.15, -0.1) is 0 Å². The van der Waals surface area contributed by atoms with Gasteiger partial charge in [0.2, 0.25) is 0 Å². The maximum absolute atomic E-state index is 5.80. The molecule has 0 N–H and O–H groups in total. The largest absolute Gasteiger partial charge is 0.260 e. The molecule has 0 spiro atoms. The van der Waals surface area contributed by atoms with E-state index in [-0.39, 0.29) is 0 Å². The fraction of sp³-hybridized carbons (Fsp3) is 0.286. The minimum Gasteiger partial charge on any atom is -0.260 e. The van der Waals surface area contributed by atoms with Crippen molar-refractivity contribution in [1.82, 2.24) is 4.98 Å². The summed E-state index contributed by atoms with van der Waals surface area (Å²) in [4.78, 5) is 4.04. The van der Waals surface area contributed by atoms with E-state index in [0.717, 1.165) is 12.1 Å². The van der Waals surface area contributed by atoms with Crippen LogP contribution in [0.5, 0.6) is 0 Å². The normalized spacial score (nSPS) is 9.90. The van der Waals surface area contributed by atoms with Crippen molar-refractivity contribution in [2.75, 3.05) is 0 Å². The first kappa shape index (κ1) is 7.83. The molecule has 0 radical (unpaired) electrons. The second-order valence-electron chi connectivity index (χ2n) is 1.91. The van der Waals surface area contributed by atoms with Gasteiger partial charge in [-0.3, -0.25) is 4.98 Å². The Morgan fingerprint density at radius 3 is 2.70 bits per heavy atom. The van der Waals surface area contributed by atoms with Gasteiger partial charge in [0.1, 0.15) is 0 Å². The Bertz CT molecular complexity index is 235. The molecule has 1 aromatic heterocycles. The van der Waals surface area contributed by atoms with Gasteiger partial charge in [-0.1, -0.05) is 30.1 Å². The van der Waals surface area contributed by atoms with Crippen molar-refractivity contribution < 1.29 is 0 Å². The summed E-state index contributed by atoms with van der Waals surface area (Å²) in [6.45, 7) is 1.99. The van der Waals surface area contributed by atoms with E-state index < -0.39 is 0 Å².